The van der Waals surface area contributed by atoms with Crippen LogP contribution in [0, 0.1) is 6.92 Å². The monoisotopic (exact) mass is 303 g/mol. The fraction of sp³-hybridized carbons (Fsp3) is 0.647. The highest BCUT2D eigenvalue weighted by Crippen LogP contribution is 2.47. The molecule has 120 valence electrons. The van der Waals surface area contributed by atoms with E-state index in [0.29, 0.717) is 17.8 Å². The van der Waals surface area contributed by atoms with Crippen LogP contribution in [0.25, 0.3) is 0 Å². The highest BCUT2D eigenvalue weighted by Gasteiger charge is 2.50. The number of nitrogens with zero attached hydrogens (tertiary/aromatic N) is 2. The van der Waals surface area contributed by atoms with Crippen LogP contribution in [-0.4, -0.2) is 33.7 Å². The van der Waals surface area contributed by atoms with Crippen molar-refractivity contribution in [1.82, 2.24) is 9.88 Å². The summed E-state index contributed by atoms with van der Waals surface area (Å²) in [6.45, 7) is 7.73. The van der Waals surface area contributed by atoms with Gasteiger partial charge in [0, 0.05) is 23.7 Å². The lowest BCUT2D eigenvalue weighted by molar-refractivity contribution is 0.0213. The maximum absolute atomic E-state index is 12.5. The van der Waals surface area contributed by atoms with Gasteiger partial charge in [-0.3, -0.25) is 0 Å². The molecule has 0 unspecified atom stereocenters. The van der Waals surface area contributed by atoms with Crippen molar-refractivity contribution in [3.05, 3.63) is 23.4 Å². The summed E-state index contributed by atoms with van der Waals surface area (Å²) in [5, 5.41) is 0. The van der Waals surface area contributed by atoms with E-state index in [9.17, 15) is 4.79 Å². The van der Waals surface area contributed by atoms with E-state index in [-0.39, 0.29) is 12.1 Å². The number of hydrogen-bond acceptors (Lipinski definition) is 4. The number of nitrogen functional groups attached to an aromatic ring is 1. The molecule has 5 heteroatoms. The number of hydrogen-bond donors (Lipinski definition) is 1. The molecule has 1 amide bonds. The van der Waals surface area contributed by atoms with Gasteiger partial charge < -0.3 is 15.4 Å². The van der Waals surface area contributed by atoms with Crippen LogP contribution < -0.4 is 5.73 Å². The smallest absolute Gasteiger partial charge is 0.410 e. The zero-order valence-electron chi connectivity index (χ0n) is 13.8. The quantitative estimate of drug-likeness (QED) is 0.865. The first-order chi connectivity index (χ1) is 10.3. The second-order valence-electron chi connectivity index (χ2n) is 7.44. The minimum absolute atomic E-state index is 0.177. The molecule has 2 aliphatic heterocycles. The van der Waals surface area contributed by atoms with Gasteiger partial charge in [-0.25, -0.2) is 9.78 Å². The first-order valence-electron chi connectivity index (χ1n) is 8.00. The maximum Gasteiger partial charge on any atom is 0.410 e. The second-order valence-corrected chi connectivity index (χ2v) is 7.44. The topological polar surface area (TPSA) is 68.5 Å². The second kappa shape index (κ2) is 5.14. The van der Waals surface area contributed by atoms with Crippen molar-refractivity contribution in [2.24, 2.45) is 0 Å². The van der Waals surface area contributed by atoms with E-state index in [1.807, 2.05) is 38.7 Å². The molecular formula is C17H25N3O2. The van der Waals surface area contributed by atoms with Crippen LogP contribution >= 0.6 is 0 Å². The fourth-order valence-corrected chi connectivity index (χ4v) is 3.91. The van der Waals surface area contributed by atoms with Crippen molar-refractivity contribution < 1.29 is 9.53 Å². The van der Waals surface area contributed by atoms with Crippen LogP contribution in [0.3, 0.4) is 0 Å². The van der Waals surface area contributed by atoms with Crippen LogP contribution in [0.15, 0.2) is 12.1 Å². The predicted octanol–water partition coefficient (Wildman–Crippen LogP) is 3.23. The van der Waals surface area contributed by atoms with Gasteiger partial charge in [0.2, 0.25) is 0 Å². The maximum atomic E-state index is 12.5. The SMILES string of the molecule is Cc1nc(N)ccc1[C@H]1C[C@@H]2CC[C@H]1N2C(=O)OC(C)(C)C. The molecule has 22 heavy (non-hydrogen) atoms. The Hall–Kier alpha value is -1.78. The largest absolute Gasteiger partial charge is 0.444 e. The summed E-state index contributed by atoms with van der Waals surface area (Å²) in [5.41, 5.74) is 7.49. The number of aromatic nitrogens is 1. The Kier molecular flexibility index (Phi) is 3.54. The molecule has 2 N–H and O–H groups in total. The lowest BCUT2D eigenvalue weighted by atomic mass is 9.83. The third-order valence-electron chi connectivity index (χ3n) is 4.69. The Morgan fingerprint density at radius 2 is 2.09 bits per heavy atom. The molecule has 3 atom stereocenters. The summed E-state index contributed by atoms with van der Waals surface area (Å²) < 4.78 is 5.59. The third-order valence-corrected chi connectivity index (χ3v) is 4.69. The standard InChI is InChI=1S/C17H25N3O2/c1-10-12(6-8-15(18)19-10)13-9-11-5-7-14(13)20(11)16(21)22-17(2,3)4/h6,8,11,13-14H,5,7,9H2,1-4H3,(H2,18,19)/t11-,13+,14+/m0/s1. The minimum Gasteiger partial charge on any atom is -0.444 e. The number of nitrogens with two attached hydrogens (primary N) is 1. The molecule has 2 aliphatic rings. The number of ether oxygens (including phenoxy) is 1. The predicted molar refractivity (Wildman–Crippen MR) is 85.6 cm³/mol. The Morgan fingerprint density at radius 3 is 2.73 bits per heavy atom. The van der Waals surface area contributed by atoms with Gasteiger partial charge >= 0.3 is 6.09 Å². The lowest BCUT2D eigenvalue weighted by Crippen LogP contribution is -2.40. The summed E-state index contributed by atoms with van der Waals surface area (Å²) in [4.78, 5) is 18.8. The Morgan fingerprint density at radius 1 is 1.36 bits per heavy atom. The molecule has 5 nitrogen and oxygen atoms in total. The summed E-state index contributed by atoms with van der Waals surface area (Å²) >= 11 is 0. The Balaban J connectivity index is 1.82. The van der Waals surface area contributed by atoms with E-state index in [1.165, 1.54) is 5.56 Å². The van der Waals surface area contributed by atoms with Crippen molar-refractivity contribution in [1.29, 1.82) is 0 Å². The van der Waals surface area contributed by atoms with Gasteiger partial charge in [-0.2, -0.15) is 0 Å². The summed E-state index contributed by atoms with van der Waals surface area (Å²) in [5.74, 6) is 0.896. The van der Waals surface area contributed by atoms with E-state index in [1.54, 1.807) is 0 Å². The molecule has 2 bridgehead atoms. The number of pyridine rings is 1. The lowest BCUT2D eigenvalue weighted by Gasteiger charge is -2.28. The molecule has 1 aromatic heterocycles. The molecule has 0 saturated carbocycles. The summed E-state index contributed by atoms with van der Waals surface area (Å²) in [7, 11) is 0. The minimum atomic E-state index is -0.451. The van der Waals surface area contributed by atoms with Crippen LogP contribution in [0.4, 0.5) is 10.6 Å². The van der Waals surface area contributed by atoms with Crippen LogP contribution in [0.5, 0.6) is 0 Å². The molecule has 2 fully saturated rings. The van der Waals surface area contributed by atoms with E-state index in [2.05, 4.69) is 11.1 Å². The Bertz CT molecular complexity index is 594. The molecule has 3 rings (SSSR count). The van der Waals surface area contributed by atoms with Gasteiger partial charge in [0.25, 0.3) is 0 Å². The number of carbonyl (C=O) groups excluding carboxylic acids is 1. The van der Waals surface area contributed by atoms with Gasteiger partial charge in [0.15, 0.2) is 0 Å². The number of anilines is 1. The highest BCUT2D eigenvalue weighted by atomic mass is 16.6. The first-order valence-corrected chi connectivity index (χ1v) is 8.00. The number of rotatable bonds is 1. The zero-order valence-corrected chi connectivity index (χ0v) is 13.8. The van der Waals surface area contributed by atoms with E-state index < -0.39 is 5.60 Å². The number of aryl methyl sites for hydroxylation is 1. The number of carbonyl (C=O) groups is 1. The normalized spacial score (nSPS) is 27.3. The number of fused-ring (bicyclic) bond motifs is 2. The molecule has 0 aliphatic carbocycles. The van der Waals surface area contributed by atoms with Crippen molar-refractivity contribution in [3.63, 3.8) is 0 Å². The number of amides is 1. The molecular weight excluding hydrogens is 278 g/mol. The van der Waals surface area contributed by atoms with Crippen molar-refractivity contribution >= 4 is 11.9 Å². The highest BCUT2D eigenvalue weighted by molar-refractivity contribution is 5.70. The molecule has 3 heterocycles. The molecule has 2 saturated heterocycles. The van der Waals surface area contributed by atoms with E-state index in [4.69, 9.17) is 10.5 Å². The zero-order chi connectivity index (χ0) is 16.1. The summed E-state index contributed by atoms with van der Waals surface area (Å²) in [6, 6.07) is 4.44. The molecule has 0 aromatic carbocycles. The Labute approximate surface area is 131 Å². The van der Waals surface area contributed by atoms with Gasteiger partial charge in [0.05, 0.1) is 0 Å². The van der Waals surface area contributed by atoms with Crippen molar-refractivity contribution in [2.45, 2.75) is 70.6 Å². The van der Waals surface area contributed by atoms with E-state index >= 15 is 0 Å². The van der Waals surface area contributed by atoms with Crippen LogP contribution in [0.1, 0.15) is 57.2 Å². The molecule has 1 aromatic rings. The van der Waals surface area contributed by atoms with Crippen molar-refractivity contribution in [3.8, 4) is 0 Å². The summed E-state index contributed by atoms with van der Waals surface area (Å²) in [6.07, 6.45) is 2.93. The fourth-order valence-electron chi connectivity index (χ4n) is 3.91. The average molecular weight is 303 g/mol. The van der Waals surface area contributed by atoms with Crippen molar-refractivity contribution in [2.75, 3.05) is 5.73 Å². The first kappa shape index (κ1) is 15.1. The molecule has 0 spiro atoms. The average Bonchev–Trinajstić information content (AvgIpc) is 2.93. The van der Waals surface area contributed by atoms with Gasteiger partial charge in [-0.15, -0.1) is 0 Å². The molecule has 0 radical (unpaired) electrons. The van der Waals surface area contributed by atoms with Gasteiger partial charge in [-0.1, -0.05) is 6.07 Å². The van der Waals surface area contributed by atoms with Gasteiger partial charge in [-0.05, 0) is 58.6 Å². The van der Waals surface area contributed by atoms with Crippen LogP contribution in [0.2, 0.25) is 0 Å². The third kappa shape index (κ3) is 2.64. The van der Waals surface area contributed by atoms with Crippen LogP contribution in [-0.2, 0) is 4.74 Å². The van der Waals surface area contributed by atoms with E-state index in [0.717, 1.165) is 25.0 Å². The van der Waals surface area contributed by atoms with Gasteiger partial charge in [0.1, 0.15) is 11.4 Å².